The highest BCUT2D eigenvalue weighted by atomic mass is 127. The van der Waals surface area contributed by atoms with Crippen LogP contribution in [0.1, 0.15) is 94.7 Å². The Morgan fingerprint density at radius 1 is 0.649 bits per heavy atom. The fraction of sp³-hybridized carbons (Fsp3) is 0.354. The predicted octanol–water partition coefficient (Wildman–Crippen LogP) is 9.46. The third-order valence-electron chi connectivity index (χ3n) is 15.8. The number of methoxy groups -OCH3 is 4. The maximum absolute atomic E-state index is 13.1. The van der Waals surface area contributed by atoms with Gasteiger partial charge in [-0.05, 0) is 218 Å². The molecule has 0 radical (unpaired) electrons. The highest BCUT2D eigenvalue weighted by molar-refractivity contribution is 14.1. The smallest absolute Gasteiger partial charge is 0.323 e. The summed E-state index contributed by atoms with van der Waals surface area (Å²) in [6, 6.07) is 27.5. The first-order valence-corrected chi connectivity index (χ1v) is 33.4. The quantitative estimate of drug-likeness (QED) is 0.0205. The van der Waals surface area contributed by atoms with E-state index in [9.17, 15) is 28.8 Å². The van der Waals surface area contributed by atoms with E-state index in [-0.39, 0.29) is 36.4 Å². The van der Waals surface area contributed by atoms with E-state index in [1.165, 1.54) is 75.4 Å². The zero-order valence-corrected chi connectivity index (χ0v) is 58.4. The molecule has 8 aliphatic rings. The van der Waals surface area contributed by atoms with Crippen LogP contribution in [-0.4, -0.2) is 136 Å². The van der Waals surface area contributed by atoms with Crippen LogP contribution in [-0.2, 0) is 34.6 Å². The summed E-state index contributed by atoms with van der Waals surface area (Å²) in [5.41, 5.74) is 6.96. The molecule has 0 spiro atoms. The van der Waals surface area contributed by atoms with Gasteiger partial charge in [-0.3, -0.25) is 29.8 Å². The number of pyridine rings is 4. The molecule has 7 aromatic rings. The molecule has 2 aromatic carbocycles. The van der Waals surface area contributed by atoms with Gasteiger partial charge in [-0.25, -0.2) is 29.5 Å². The summed E-state index contributed by atoms with van der Waals surface area (Å²) in [5, 5.41) is 25.2. The van der Waals surface area contributed by atoms with Crippen molar-refractivity contribution in [2.75, 3.05) is 52.2 Å². The number of hydrogen-bond acceptors (Lipinski definition) is 19. The van der Waals surface area contributed by atoms with Gasteiger partial charge in [0.25, 0.3) is 23.6 Å². The Labute approximate surface area is 580 Å². The van der Waals surface area contributed by atoms with Gasteiger partial charge in [0, 0.05) is 54.1 Å². The Morgan fingerprint density at radius 3 is 1.65 bits per heavy atom. The number of urea groups is 2. The molecule has 9 heterocycles. The van der Waals surface area contributed by atoms with Gasteiger partial charge in [-0.15, -0.1) is 6.42 Å². The van der Waals surface area contributed by atoms with Crippen LogP contribution in [0.3, 0.4) is 0 Å². The summed E-state index contributed by atoms with van der Waals surface area (Å²) in [6.07, 6.45) is 16.3. The number of halogens is 4. The molecular formula is C65H67Br3IN13O12. The second kappa shape index (κ2) is 30.0. The lowest BCUT2D eigenvalue weighted by molar-refractivity contribution is -0.125. The zero-order chi connectivity index (χ0) is 67.0. The number of benzene rings is 2. The number of aromatic nitrogens is 4. The first kappa shape index (κ1) is 68.5. The molecule has 8 amide bonds. The largest absolute Gasteiger partial charge is 0.505 e. The molecule has 29 heteroatoms. The average Bonchev–Trinajstić information content (AvgIpc) is 1.59. The van der Waals surface area contributed by atoms with Crippen LogP contribution in [0.2, 0.25) is 0 Å². The highest BCUT2D eigenvalue weighted by Crippen LogP contribution is 2.38. The fourth-order valence-corrected chi connectivity index (χ4v) is 12.0. The van der Waals surface area contributed by atoms with E-state index in [4.69, 9.17) is 40.6 Å². The highest BCUT2D eigenvalue weighted by Gasteiger charge is 2.53. The Kier molecular flexibility index (Phi) is 21.9. The lowest BCUT2D eigenvalue weighted by Gasteiger charge is -2.28. The first-order chi connectivity index (χ1) is 45.1. The predicted molar refractivity (Wildman–Crippen MR) is 366 cm³/mol. The molecule has 4 aliphatic carbocycles. The maximum atomic E-state index is 13.1. The van der Waals surface area contributed by atoms with Crippen molar-refractivity contribution in [3.8, 4) is 41.1 Å². The Morgan fingerprint density at radius 2 is 1.18 bits per heavy atom. The van der Waals surface area contributed by atoms with Crippen molar-refractivity contribution in [3.63, 3.8) is 0 Å². The molecule has 6 fully saturated rings. The number of hydrogen-bond donors (Lipinski definition) is 8. The van der Waals surface area contributed by atoms with Gasteiger partial charge in [-0.1, -0.05) is 18.1 Å². The molecule has 15 rings (SSSR count). The Hall–Kier alpha value is -8.31. The number of fused-ring (bicyclic) bond motifs is 3. The van der Waals surface area contributed by atoms with Crippen LogP contribution in [0, 0.1) is 22.0 Å². The van der Waals surface area contributed by atoms with E-state index in [1.54, 1.807) is 62.8 Å². The van der Waals surface area contributed by atoms with Crippen LogP contribution >= 0.6 is 70.4 Å². The summed E-state index contributed by atoms with van der Waals surface area (Å²) >= 11 is 11.9. The number of carbonyl (C=O) groups is 6. The maximum Gasteiger partial charge on any atom is 0.323 e. The number of nitrogens with zero attached hydrogens (tertiary/aromatic N) is 6. The average molecular weight is 1590 g/mol. The molecule has 2 atom stereocenters. The van der Waals surface area contributed by atoms with Crippen LogP contribution in [0.5, 0.6) is 28.7 Å². The van der Waals surface area contributed by atoms with Crippen LogP contribution in [0.4, 0.5) is 21.2 Å². The van der Waals surface area contributed by atoms with Gasteiger partial charge in [0.2, 0.25) is 0 Å². The van der Waals surface area contributed by atoms with Gasteiger partial charge < -0.3 is 65.3 Å². The molecule has 94 heavy (non-hydrogen) atoms. The number of nitrogens with one attached hydrogen (secondary N) is 6. The monoisotopic (exact) mass is 1590 g/mol. The third-order valence-corrected chi connectivity index (χ3v) is 18.1. The molecule has 25 nitrogen and oxygen atoms in total. The van der Waals surface area contributed by atoms with Gasteiger partial charge in [-0.2, -0.15) is 0 Å². The SMILES string of the molecule is C#C[C@]1(CN2Cc3ccc(OC)cc3C2=O)NC(=O)NC1=O.COc1ccc(I)nc1Br.COc1ccc(NC2CC2)nc1Br.COc1ccc2c(c1)C(=O)N(C[C@@]1(c3cc4nc(CC5CC5)ccc4o3)NC(=O)NC1=O)C2.NC1CC1.Oc1ccc(NC2CC2)nc1Br. The van der Waals surface area contributed by atoms with E-state index >= 15 is 0 Å². The van der Waals surface area contributed by atoms with Crippen molar-refractivity contribution in [2.24, 2.45) is 11.7 Å². The molecule has 9 N–H and O–H groups in total. The fourth-order valence-electron chi connectivity index (χ4n) is 9.96. The number of terminal acetylenes is 1. The van der Waals surface area contributed by atoms with Crippen LogP contribution < -0.4 is 56.6 Å². The van der Waals surface area contributed by atoms with E-state index in [2.05, 4.69) is 128 Å². The number of aromatic hydroxyl groups is 1. The van der Waals surface area contributed by atoms with Crippen molar-refractivity contribution in [1.29, 1.82) is 0 Å². The summed E-state index contributed by atoms with van der Waals surface area (Å²) < 4.78 is 29.4. The number of ether oxygens (including phenoxy) is 4. The minimum Gasteiger partial charge on any atom is -0.505 e. The van der Waals surface area contributed by atoms with Gasteiger partial charge in [0.1, 0.15) is 57.7 Å². The van der Waals surface area contributed by atoms with Crippen molar-refractivity contribution in [3.05, 3.63) is 142 Å². The summed E-state index contributed by atoms with van der Waals surface area (Å²) in [4.78, 5) is 94.2. The number of amides is 8. The molecule has 2 saturated heterocycles. The number of imide groups is 2. The van der Waals surface area contributed by atoms with Gasteiger partial charge in [0.15, 0.2) is 28.2 Å². The lowest BCUT2D eigenvalue weighted by Crippen LogP contribution is -2.54. The molecule has 0 bridgehead atoms. The third kappa shape index (κ3) is 17.1. The first-order valence-electron chi connectivity index (χ1n) is 29.9. The summed E-state index contributed by atoms with van der Waals surface area (Å²) in [7, 11) is 6.31. The second-order valence-corrected chi connectivity index (χ2v) is 26.4. The lowest BCUT2D eigenvalue weighted by atomic mass is 9.95. The van der Waals surface area contributed by atoms with Crippen molar-refractivity contribution >= 4 is 129 Å². The molecule has 0 unspecified atom stereocenters. The van der Waals surface area contributed by atoms with Crippen molar-refractivity contribution < 1.29 is 57.2 Å². The van der Waals surface area contributed by atoms with Gasteiger partial charge in [0.05, 0.1) is 41.5 Å². The number of carbonyl (C=O) groups excluding carboxylic acids is 6. The molecule has 4 aliphatic heterocycles. The number of anilines is 2. The molecule has 492 valence electrons. The number of nitrogens with two attached hydrogens (primary N) is 1. The van der Waals surface area contributed by atoms with Crippen LogP contribution in [0.25, 0.3) is 11.1 Å². The molecular weight excluding hydrogens is 1520 g/mol. The second-order valence-electron chi connectivity index (χ2n) is 23.1. The summed E-state index contributed by atoms with van der Waals surface area (Å²) in [6.45, 7) is 0.476. The normalized spacial score (nSPS) is 19.4. The topological polar surface area (TPSA) is 329 Å². The Bertz CT molecular complexity index is 4090. The Balaban J connectivity index is 0.000000136. The zero-order valence-electron chi connectivity index (χ0n) is 51.4. The minimum absolute atomic E-state index is 0.0743. The number of rotatable bonds is 15. The summed E-state index contributed by atoms with van der Waals surface area (Å²) in [5.74, 6) is 6.15. The van der Waals surface area contributed by atoms with Crippen molar-refractivity contribution in [1.82, 2.24) is 51.0 Å². The van der Waals surface area contributed by atoms with E-state index < -0.39 is 35.0 Å². The van der Waals surface area contributed by atoms with E-state index in [1.807, 2.05) is 42.5 Å². The number of furan rings is 1. The van der Waals surface area contributed by atoms with E-state index in [0.717, 1.165) is 59.3 Å². The van der Waals surface area contributed by atoms with Crippen LogP contribution in [0.15, 0.2) is 109 Å². The molecule has 4 saturated carbocycles. The standard InChI is InChI=1S/C24H22N4O5.C15H13N3O4.C9H11BrN2O.C8H9BrN2O.C6H5BrINO.C3H7N/c1-32-16-6-4-14-11-28(21(29)17(14)9-16)12-24(22(30)26-23(31)27-24)20-10-18-19(33-20)7-5-15(25-18)8-13-2-3-13;1-3-15(13(20)16-14(21)17-15)8-18-7-9-4-5-10(22-2)6-11(9)12(18)19;1-13-7-4-5-8(12-9(7)10)11-6-2-3-6;9-8-6(12)3-4-7(11-8)10-5-1-2-5;1-10-4-2-3-5(8)9-6(4)7;4-3-1-2-3/h4-7,9-10,13H,2-3,8,11-12H2,1H3,(H2,26,27,30,31);1,4-6H,7-8H2,2H3,(H2,16,17,20,21);4-6H,2-3H2,1H3,(H,11,12);3-5,12H,1-2H2,(H,10,11);2-3H,1H3;3H,1-2,4H2/t24-;15-;;;;/m01..../s1. The van der Waals surface area contributed by atoms with Crippen molar-refractivity contribution in [2.45, 2.75) is 100 Å². The van der Waals surface area contributed by atoms with Gasteiger partial charge >= 0.3 is 12.1 Å². The van der Waals surface area contributed by atoms with E-state index in [0.29, 0.717) is 75.5 Å². The molecule has 5 aromatic heterocycles. The minimum atomic E-state index is -1.55.